The zero-order valence-corrected chi connectivity index (χ0v) is 12.9. The molecule has 0 saturated carbocycles. The molecular weight excluding hydrogens is 280 g/mol. The van der Waals surface area contributed by atoms with Gasteiger partial charge in [-0.1, -0.05) is 0 Å². The average molecular weight is 300 g/mol. The monoisotopic (exact) mass is 300 g/mol. The van der Waals surface area contributed by atoms with E-state index in [2.05, 4.69) is 10.0 Å². The van der Waals surface area contributed by atoms with Crippen LogP contribution in [0.5, 0.6) is 0 Å². The van der Waals surface area contributed by atoms with Crippen LogP contribution in [0, 0.1) is 0 Å². The van der Waals surface area contributed by atoms with E-state index < -0.39 is 10.0 Å². The van der Waals surface area contributed by atoms with Crippen LogP contribution < -0.4 is 10.0 Å². The Morgan fingerprint density at radius 3 is 3.00 bits per heavy atom. The summed E-state index contributed by atoms with van der Waals surface area (Å²) in [6.45, 7) is 2.84. The normalized spacial score (nSPS) is 16.5. The summed E-state index contributed by atoms with van der Waals surface area (Å²) < 4.78 is 27.2. The minimum Gasteiger partial charge on any atom is -0.385 e. The highest BCUT2D eigenvalue weighted by Gasteiger charge is 2.19. The van der Waals surface area contributed by atoms with Crippen LogP contribution in [0.15, 0.2) is 23.1 Å². The lowest BCUT2D eigenvalue weighted by atomic mass is 10.0. The van der Waals surface area contributed by atoms with Gasteiger partial charge >= 0.3 is 0 Å². The minimum atomic E-state index is -3.41. The molecule has 0 spiro atoms. The molecule has 1 aromatic carbocycles. The number of thioether (sulfide) groups is 1. The maximum absolute atomic E-state index is 12.3. The van der Waals surface area contributed by atoms with Crippen LogP contribution in [0.1, 0.15) is 18.9 Å². The van der Waals surface area contributed by atoms with Gasteiger partial charge in [-0.2, -0.15) is 11.8 Å². The van der Waals surface area contributed by atoms with Crippen molar-refractivity contribution in [2.45, 2.75) is 30.7 Å². The van der Waals surface area contributed by atoms with Gasteiger partial charge in [-0.25, -0.2) is 13.1 Å². The molecule has 0 fully saturated rings. The van der Waals surface area contributed by atoms with E-state index in [1.54, 1.807) is 23.9 Å². The van der Waals surface area contributed by atoms with Crippen molar-refractivity contribution in [1.82, 2.24) is 4.72 Å². The van der Waals surface area contributed by atoms with Gasteiger partial charge in [-0.15, -0.1) is 0 Å². The molecule has 106 valence electrons. The molecule has 0 saturated heterocycles. The summed E-state index contributed by atoms with van der Waals surface area (Å²) in [7, 11) is -3.41. The molecule has 1 unspecified atom stereocenters. The van der Waals surface area contributed by atoms with E-state index in [0.29, 0.717) is 4.90 Å². The standard InChI is InChI=1S/C13H20N2O2S2/c1-10(9-18-2)15-19(16,17)12-5-6-13-11(8-12)4-3-7-14-13/h5-6,8,10,14-15H,3-4,7,9H2,1-2H3. The molecular formula is C13H20N2O2S2. The molecule has 19 heavy (non-hydrogen) atoms. The molecule has 2 rings (SSSR count). The highest BCUT2D eigenvalue weighted by Crippen LogP contribution is 2.25. The molecule has 1 aromatic rings. The Balaban J connectivity index is 2.21. The van der Waals surface area contributed by atoms with Gasteiger partial charge in [0.15, 0.2) is 0 Å². The zero-order valence-electron chi connectivity index (χ0n) is 11.3. The summed E-state index contributed by atoms with van der Waals surface area (Å²) in [5, 5.41) is 3.28. The lowest BCUT2D eigenvalue weighted by Gasteiger charge is -2.19. The molecule has 1 aliphatic heterocycles. The Bertz CT molecular complexity index is 544. The molecule has 1 aliphatic rings. The lowest BCUT2D eigenvalue weighted by Crippen LogP contribution is -2.34. The number of fused-ring (bicyclic) bond motifs is 1. The van der Waals surface area contributed by atoms with Crippen LogP contribution in [-0.2, 0) is 16.4 Å². The molecule has 2 N–H and O–H groups in total. The summed E-state index contributed by atoms with van der Waals surface area (Å²) in [6.07, 6.45) is 3.95. The van der Waals surface area contributed by atoms with Crippen molar-refractivity contribution in [2.24, 2.45) is 0 Å². The second-order valence-electron chi connectivity index (χ2n) is 4.83. The first kappa shape index (κ1) is 14.7. The van der Waals surface area contributed by atoms with Crippen LogP contribution in [0.3, 0.4) is 0 Å². The van der Waals surface area contributed by atoms with Crippen molar-refractivity contribution in [2.75, 3.05) is 23.9 Å². The maximum atomic E-state index is 12.3. The lowest BCUT2D eigenvalue weighted by molar-refractivity contribution is 0.571. The Morgan fingerprint density at radius 1 is 1.47 bits per heavy atom. The van der Waals surface area contributed by atoms with Crippen LogP contribution in [0.2, 0.25) is 0 Å². The Labute approximate surface area is 119 Å². The second kappa shape index (κ2) is 6.15. The predicted octanol–water partition coefficient (Wildman–Crippen LogP) is 2.07. The number of benzene rings is 1. The van der Waals surface area contributed by atoms with Gasteiger partial charge in [0, 0.05) is 24.0 Å². The largest absolute Gasteiger partial charge is 0.385 e. The van der Waals surface area contributed by atoms with Crippen LogP contribution >= 0.6 is 11.8 Å². The van der Waals surface area contributed by atoms with Crippen molar-refractivity contribution < 1.29 is 8.42 Å². The first-order valence-corrected chi connectivity index (χ1v) is 9.28. The molecule has 1 atom stereocenters. The van der Waals surface area contributed by atoms with Crippen LogP contribution in [0.25, 0.3) is 0 Å². The Morgan fingerprint density at radius 2 is 2.26 bits per heavy atom. The fourth-order valence-electron chi connectivity index (χ4n) is 2.24. The van der Waals surface area contributed by atoms with Gasteiger partial charge in [0.25, 0.3) is 0 Å². The number of anilines is 1. The van der Waals surface area contributed by atoms with Crippen LogP contribution in [0.4, 0.5) is 5.69 Å². The summed E-state index contributed by atoms with van der Waals surface area (Å²) in [4.78, 5) is 0.364. The molecule has 4 nitrogen and oxygen atoms in total. The highest BCUT2D eigenvalue weighted by molar-refractivity contribution is 7.98. The smallest absolute Gasteiger partial charge is 0.240 e. The third-order valence-electron chi connectivity index (χ3n) is 3.10. The van der Waals surface area contributed by atoms with Gasteiger partial charge in [0.1, 0.15) is 0 Å². The van der Waals surface area contributed by atoms with Crippen molar-refractivity contribution in [1.29, 1.82) is 0 Å². The van der Waals surface area contributed by atoms with Gasteiger partial charge in [-0.05, 0) is 49.8 Å². The third-order valence-corrected chi connectivity index (χ3v) is 5.52. The number of hydrogen-bond donors (Lipinski definition) is 2. The number of aryl methyl sites for hydroxylation is 1. The molecule has 1 heterocycles. The first-order chi connectivity index (χ1) is 9.03. The topological polar surface area (TPSA) is 58.2 Å². The SMILES string of the molecule is CSCC(C)NS(=O)(=O)c1ccc2c(c1)CCCN2. The number of rotatable bonds is 5. The fourth-order valence-corrected chi connectivity index (χ4v) is 4.22. The third kappa shape index (κ3) is 3.64. The van der Waals surface area contributed by atoms with Crippen molar-refractivity contribution in [3.8, 4) is 0 Å². The summed E-state index contributed by atoms with van der Waals surface area (Å²) in [5.74, 6) is 0.770. The molecule has 0 aliphatic carbocycles. The van der Waals surface area contributed by atoms with Crippen molar-refractivity contribution in [3.63, 3.8) is 0 Å². The average Bonchev–Trinajstić information content (AvgIpc) is 2.37. The summed E-state index contributed by atoms with van der Waals surface area (Å²) in [6, 6.07) is 5.26. The van der Waals surface area contributed by atoms with E-state index in [1.807, 2.05) is 19.2 Å². The quantitative estimate of drug-likeness (QED) is 0.874. The first-order valence-electron chi connectivity index (χ1n) is 6.41. The highest BCUT2D eigenvalue weighted by atomic mass is 32.2. The van der Waals surface area contributed by atoms with Crippen LogP contribution in [-0.4, -0.2) is 33.0 Å². The summed E-state index contributed by atoms with van der Waals surface area (Å²) in [5.41, 5.74) is 2.15. The minimum absolute atomic E-state index is 0.0610. The van der Waals surface area contributed by atoms with E-state index in [4.69, 9.17) is 0 Å². The molecule has 0 aromatic heterocycles. The van der Waals surface area contributed by atoms with Crippen molar-refractivity contribution in [3.05, 3.63) is 23.8 Å². The van der Waals surface area contributed by atoms with Gasteiger partial charge in [0.05, 0.1) is 4.90 Å². The second-order valence-corrected chi connectivity index (χ2v) is 7.45. The summed E-state index contributed by atoms with van der Waals surface area (Å²) >= 11 is 1.63. The number of nitrogens with one attached hydrogen (secondary N) is 2. The molecule has 0 radical (unpaired) electrons. The van der Waals surface area contributed by atoms with E-state index >= 15 is 0 Å². The fraction of sp³-hybridized carbons (Fsp3) is 0.538. The number of hydrogen-bond acceptors (Lipinski definition) is 4. The van der Waals surface area contributed by atoms with Gasteiger partial charge in [-0.3, -0.25) is 0 Å². The molecule has 0 bridgehead atoms. The Kier molecular flexibility index (Phi) is 4.76. The predicted molar refractivity (Wildman–Crippen MR) is 81.4 cm³/mol. The molecule has 0 amide bonds. The van der Waals surface area contributed by atoms with E-state index in [-0.39, 0.29) is 6.04 Å². The maximum Gasteiger partial charge on any atom is 0.240 e. The van der Waals surface area contributed by atoms with Crippen molar-refractivity contribution >= 4 is 27.5 Å². The van der Waals surface area contributed by atoms with Gasteiger partial charge in [0.2, 0.25) is 10.0 Å². The van der Waals surface area contributed by atoms with E-state index in [9.17, 15) is 8.42 Å². The molecule has 6 heteroatoms. The number of sulfonamides is 1. The van der Waals surface area contributed by atoms with E-state index in [1.165, 1.54) is 0 Å². The Hall–Kier alpha value is -0.720. The zero-order chi connectivity index (χ0) is 13.9. The van der Waals surface area contributed by atoms with Gasteiger partial charge < -0.3 is 5.32 Å². The van der Waals surface area contributed by atoms with E-state index in [0.717, 1.165) is 36.4 Å².